The minimum absolute atomic E-state index is 0.0739. The van der Waals surface area contributed by atoms with E-state index in [9.17, 15) is 9.59 Å². The van der Waals surface area contributed by atoms with Crippen LogP contribution < -0.4 is 5.32 Å². The molecule has 0 radical (unpaired) electrons. The molecular formula is C32H35N9O4S. The fraction of sp³-hybridized carbons (Fsp3) is 0.375. The molecule has 0 bridgehead atoms. The van der Waals surface area contributed by atoms with Crippen LogP contribution in [0.4, 0.5) is 4.79 Å². The molecule has 0 spiro atoms. The fourth-order valence-electron chi connectivity index (χ4n) is 5.41. The molecule has 14 heteroatoms. The van der Waals surface area contributed by atoms with Gasteiger partial charge in [0.15, 0.2) is 5.82 Å². The van der Waals surface area contributed by atoms with Crippen LogP contribution in [0.1, 0.15) is 79.1 Å². The van der Waals surface area contributed by atoms with Crippen molar-refractivity contribution < 1.29 is 18.7 Å². The molecule has 13 nitrogen and oxygen atoms in total. The number of pyridine rings is 1. The van der Waals surface area contributed by atoms with Crippen LogP contribution in [-0.2, 0) is 16.7 Å². The number of amides is 2. The number of nitrogens with zero attached hydrogens (tertiary/aromatic N) is 8. The zero-order chi connectivity index (χ0) is 32.5. The van der Waals surface area contributed by atoms with Gasteiger partial charge in [-0.3, -0.25) is 4.79 Å². The SMILES string of the molecule is Cc1csc(C2CCCN2C(=O)c2cc(-c3nnc(C(C)(Cc4ccccc4)NC(=O)OC(C)(C)C)o3)nc(-n3ccnn3)c2)n1. The minimum atomic E-state index is -1.13. The van der Waals surface area contributed by atoms with E-state index in [4.69, 9.17) is 14.1 Å². The Morgan fingerprint density at radius 1 is 1.11 bits per heavy atom. The first-order valence-electron chi connectivity index (χ1n) is 15.0. The molecule has 1 saturated heterocycles. The Labute approximate surface area is 270 Å². The third-order valence-corrected chi connectivity index (χ3v) is 8.51. The lowest BCUT2D eigenvalue weighted by atomic mass is 9.92. The Kier molecular flexibility index (Phi) is 8.38. The van der Waals surface area contributed by atoms with Gasteiger partial charge in [-0.15, -0.1) is 26.6 Å². The van der Waals surface area contributed by atoms with E-state index in [1.54, 1.807) is 57.4 Å². The third kappa shape index (κ3) is 6.81. The van der Waals surface area contributed by atoms with Crippen LogP contribution in [0, 0.1) is 6.92 Å². The predicted molar refractivity (Wildman–Crippen MR) is 169 cm³/mol. The normalized spacial score (nSPS) is 16.3. The number of hydrogen-bond donors (Lipinski definition) is 1. The van der Waals surface area contributed by atoms with Gasteiger partial charge in [0.1, 0.15) is 21.8 Å². The van der Waals surface area contributed by atoms with Crippen molar-refractivity contribution in [2.75, 3.05) is 6.54 Å². The molecule has 1 fully saturated rings. The minimum Gasteiger partial charge on any atom is -0.444 e. The third-order valence-electron chi connectivity index (χ3n) is 7.45. The number of hydrogen-bond acceptors (Lipinski definition) is 11. The number of carbonyl (C=O) groups excluding carboxylic acids is 2. The highest BCUT2D eigenvalue weighted by Gasteiger charge is 2.37. The zero-order valence-electron chi connectivity index (χ0n) is 26.3. The van der Waals surface area contributed by atoms with Crippen LogP contribution in [-0.4, -0.2) is 64.2 Å². The molecule has 1 aliphatic heterocycles. The molecule has 0 saturated carbocycles. The average molecular weight is 642 g/mol. The Morgan fingerprint density at radius 3 is 2.61 bits per heavy atom. The number of carbonyl (C=O) groups is 2. The second kappa shape index (κ2) is 12.4. The van der Waals surface area contributed by atoms with Crippen molar-refractivity contribution in [1.29, 1.82) is 0 Å². The quantitative estimate of drug-likeness (QED) is 0.232. The van der Waals surface area contributed by atoms with Crippen molar-refractivity contribution >= 4 is 23.3 Å². The molecule has 2 unspecified atom stereocenters. The molecule has 2 amide bonds. The standard InChI is InChI=1S/C32H35N9O4S/c1-20-19-46-27(34-20)24-12-9-14-40(24)28(42)22-16-23(35-25(17-22)41-15-13-33-39-41)26-37-38-29(44-26)32(5,18-21-10-7-6-8-11-21)36-30(43)45-31(2,3)4/h6-8,10-11,13,15-17,19,24H,9,12,14,18H2,1-5H3,(H,36,43). The maximum Gasteiger partial charge on any atom is 0.408 e. The van der Waals surface area contributed by atoms with Gasteiger partial charge in [-0.1, -0.05) is 35.5 Å². The van der Waals surface area contributed by atoms with Crippen molar-refractivity contribution in [3.05, 3.63) is 88.0 Å². The topological polar surface area (TPSA) is 154 Å². The second-order valence-electron chi connectivity index (χ2n) is 12.5. The number of benzene rings is 1. The van der Waals surface area contributed by atoms with Gasteiger partial charge in [0.2, 0.25) is 5.89 Å². The zero-order valence-corrected chi connectivity index (χ0v) is 27.1. The Balaban J connectivity index is 1.36. The molecule has 238 valence electrons. The number of aryl methyl sites for hydroxylation is 1. The molecular weight excluding hydrogens is 606 g/mol. The van der Waals surface area contributed by atoms with E-state index in [2.05, 4.69) is 30.8 Å². The van der Waals surface area contributed by atoms with E-state index in [0.29, 0.717) is 24.3 Å². The first-order chi connectivity index (χ1) is 22.0. The fourth-order valence-corrected chi connectivity index (χ4v) is 6.35. The molecule has 46 heavy (non-hydrogen) atoms. The number of thiazole rings is 1. The smallest absolute Gasteiger partial charge is 0.408 e. The van der Waals surface area contributed by atoms with Crippen LogP contribution in [0.3, 0.4) is 0 Å². The molecule has 0 aliphatic carbocycles. The van der Waals surface area contributed by atoms with Gasteiger partial charge >= 0.3 is 6.09 Å². The van der Waals surface area contributed by atoms with Crippen molar-refractivity contribution in [2.45, 2.75) is 71.1 Å². The van der Waals surface area contributed by atoms with Gasteiger partial charge in [-0.25, -0.2) is 19.4 Å². The Morgan fingerprint density at radius 2 is 1.91 bits per heavy atom. The summed E-state index contributed by atoms with van der Waals surface area (Å²) in [6.07, 6.45) is 4.60. The van der Waals surface area contributed by atoms with Crippen LogP contribution in [0.2, 0.25) is 0 Å². The largest absolute Gasteiger partial charge is 0.444 e. The highest BCUT2D eigenvalue weighted by molar-refractivity contribution is 7.09. The van der Waals surface area contributed by atoms with E-state index >= 15 is 0 Å². The monoisotopic (exact) mass is 641 g/mol. The van der Waals surface area contributed by atoms with Gasteiger partial charge in [0.05, 0.1) is 18.4 Å². The Hall–Kier alpha value is -4.98. The first kappa shape index (κ1) is 31.0. The maximum atomic E-state index is 14.0. The molecule has 5 heterocycles. The average Bonchev–Trinajstić information content (AvgIpc) is 3.83. The highest BCUT2D eigenvalue weighted by Crippen LogP contribution is 2.35. The van der Waals surface area contributed by atoms with Crippen LogP contribution in [0.25, 0.3) is 17.4 Å². The van der Waals surface area contributed by atoms with Gasteiger partial charge < -0.3 is 19.4 Å². The van der Waals surface area contributed by atoms with Crippen LogP contribution in [0.5, 0.6) is 0 Å². The van der Waals surface area contributed by atoms with E-state index in [1.807, 2.05) is 47.5 Å². The molecule has 1 aliphatic rings. The number of aromatic nitrogens is 7. The summed E-state index contributed by atoms with van der Waals surface area (Å²) in [6, 6.07) is 12.9. The lowest BCUT2D eigenvalue weighted by Crippen LogP contribution is -2.47. The van der Waals surface area contributed by atoms with Crippen LogP contribution >= 0.6 is 11.3 Å². The summed E-state index contributed by atoms with van der Waals surface area (Å²) in [6.45, 7) is 9.73. The van der Waals surface area contributed by atoms with Gasteiger partial charge in [0.25, 0.3) is 11.8 Å². The first-order valence-corrected chi connectivity index (χ1v) is 15.9. The van der Waals surface area contributed by atoms with E-state index in [0.717, 1.165) is 29.1 Å². The lowest BCUT2D eigenvalue weighted by molar-refractivity contribution is 0.0443. The van der Waals surface area contributed by atoms with E-state index in [1.165, 1.54) is 10.9 Å². The summed E-state index contributed by atoms with van der Waals surface area (Å²) in [5, 5.41) is 22.5. The summed E-state index contributed by atoms with van der Waals surface area (Å²) >= 11 is 1.56. The molecule has 1 aromatic carbocycles. The molecule has 4 aromatic heterocycles. The number of alkyl carbamates (subject to hydrolysis) is 1. The molecule has 2 atom stereocenters. The summed E-state index contributed by atoms with van der Waals surface area (Å²) in [5.74, 6) is 0.417. The summed E-state index contributed by atoms with van der Waals surface area (Å²) < 4.78 is 13.3. The van der Waals surface area contributed by atoms with Crippen molar-refractivity contribution in [3.8, 4) is 17.4 Å². The number of rotatable bonds is 8. The molecule has 1 N–H and O–H groups in total. The van der Waals surface area contributed by atoms with E-state index in [-0.39, 0.29) is 29.4 Å². The van der Waals surface area contributed by atoms with E-state index < -0.39 is 17.2 Å². The number of likely N-dealkylation sites (tertiary alicyclic amines) is 1. The lowest BCUT2D eigenvalue weighted by Gasteiger charge is -2.29. The molecule has 6 rings (SSSR count). The van der Waals surface area contributed by atoms with Crippen molar-refractivity contribution in [2.24, 2.45) is 0 Å². The number of ether oxygens (including phenoxy) is 1. The Bertz CT molecular complexity index is 1830. The summed E-state index contributed by atoms with van der Waals surface area (Å²) in [5.41, 5.74) is 0.692. The van der Waals surface area contributed by atoms with Gasteiger partial charge in [-0.05, 0) is 65.2 Å². The number of nitrogens with one attached hydrogen (secondary N) is 1. The summed E-state index contributed by atoms with van der Waals surface area (Å²) in [4.78, 5) is 38.2. The molecule has 5 aromatic rings. The van der Waals surface area contributed by atoms with Gasteiger partial charge in [-0.2, -0.15) is 0 Å². The maximum absolute atomic E-state index is 14.0. The van der Waals surface area contributed by atoms with Gasteiger partial charge in [0, 0.05) is 29.6 Å². The summed E-state index contributed by atoms with van der Waals surface area (Å²) in [7, 11) is 0. The second-order valence-corrected chi connectivity index (χ2v) is 13.4. The van der Waals surface area contributed by atoms with Crippen LogP contribution in [0.15, 0.2) is 64.7 Å². The highest BCUT2D eigenvalue weighted by atomic mass is 32.1. The van der Waals surface area contributed by atoms with Crippen molar-refractivity contribution in [3.63, 3.8) is 0 Å². The van der Waals surface area contributed by atoms with Crippen molar-refractivity contribution in [1.82, 2.24) is 45.4 Å². The predicted octanol–water partition coefficient (Wildman–Crippen LogP) is 5.44.